The molecule has 1 spiro atoms. The molecule has 3 fully saturated rings. The predicted molar refractivity (Wildman–Crippen MR) is 92.2 cm³/mol. The van der Waals surface area contributed by atoms with Crippen LogP contribution in [0.4, 0.5) is 0 Å². The smallest absolute Gasteiger partial charge is 0.223 e. The molecular weight excluding hydrogens is 284 g/mol. The number of rotatable bonds is 3. The zero-order valence-corrected chi connectivity index (χ0v) is 13.9. The number of benzene rings is 1. The van der Waals surface area contributed by atoms with E-state index in [2.05, 4.69) is 41.0 Å². The first kappa shape index (κ1) is 15.2. The molecule has 2 N–H and O–H groups in total. The summed E-state index contributed by atoms with van der Waals surface area (Å²) < 4.78 is 0. The second-order valence-electron chi connectivity index (χ2n) is 7.84. The minimum Gasteiger partial charge on any atom is -0.353 e. The Morgan fingerprint density at radius 3 is 2.43 bits per heavy atom. The van der Waals surface area contributed by atoms with Crippen molar-refractivity contribution in [1.82, 2.24) is 10.6 Å². The van der Waals surface area contributed by atoms with Gasteiger partial charge in [0.05, 0.1) is 0 Å². The van der Waals surface area contributed by atoms with Crippen LogP contribution in [0.3, 0.4) is 0 Å². The first-order valence-corrected chi connectivity index (χ1v) is 9.33. The lowest BCUT2D eigenvalue weighted by molar-refractivity contribution is -0.124. The zero-order valence-electron chi connectivity index (χ0n) is 13.9. The van der Waals surface area contributed by atoms with Crippen LogP contribution >= 0.6 is 0 Å². The van der Waals surface area contributed by atoms with Crippen LogP contribution in [0.25, 0.3) is 0 Å². The van der Waals surface area contributed by atoms with Crippen molar-refractivity contribution in [1.29, 1.82) is 0 Å². The lowest BCUT2D eigenvalue weighted by atomic mass is 9.81. The van der Waals surface area contributed by atoms with E-state index in [0.29, 0.717) is 29.2 Å². The highest BCUT2D eigenvalue weighted by Crippen LogP contribution is 2.58. The van der Waals surface area contributed by atoms with Crippen molar-refractivity contribution < 1.29 is 4.79 Å². The first-order valence-electron chi connectivity index (χ1n) is 9.33. The number of amides is 1. The van der Waals surface area contributed by atoms with Gasteiger partial charge in [-0.15, -0.1) is 0 Å². The third-order valence-corrected chi connectivity index (χ3v) is 6.45. The van der Waals surface area contributed by atoms with Crippen molar-refractivity contribution in [3.8, 4) is 0 Å². The average Bonchev–Trinajstić information content (AvgIpc) is 3.30. The Bertz CT molecular complexity index is 542. The highest BCUT2D eigenvalue weighted by atomic mass is 16.2. The lowest BCUT2D eigenvalue weighted by Gasteiger charge is -2.30. The van der Waals surface area contributed by atoms with E-state index >= 15 is 0 Å². The van der Waals surface area contributed by atoms with Gasteiger partial charge in [-0.1, -0.05) is 30.3 Å². The first-order chi connectivity index (χ1) is 11.3. The second kappa shape index (κ2) is 6.27. The van der Waals surface area contributed by atoms with Crippen LogP contribution in [0.1, 0.15) is 56.4 Å². The lowest BCUT2D eigenvalue weighted by Crippen LogP contribution is -2.40. The Hall–Kier alpha value is -1.35. The van der Waals surface area contributed by atoms with E-state index < -0.39 is 0 Å². The van der Waals surface area contributed by atoms with Crippen LogP contribution < -0.4 is 10.6 Å². The van der Waals surface area contributed by atoms with Gasteiger partial charge in [-0.25, -0.2) is 0 Å². The standard InChI is InChI=1S/C20H28N2O/c23-19(18-14-20(18)10-12-21-13-11-20)22-17-8-6-16(7-9-17)15-4-2-1-3-5-15/h1-5,16-18,21H,6-14H2,(H,22,23). The molecule has 1 saturated heterocycles. The molecule has 3 aliphatic rings. The fraction of sp³-hybridized carbons (Fsp3) is 0.650. The SMILES string of the molecule is O=C(NC1CCC(c2ccccc2)CC1)C1CC12CCNCC2. The zero-order chi connectivity index (χ0) is 15.7. The van der Waals surface area contributed by atoms with Crippen LogP contribution in [-0.2, 0) is 4.79 Å². The van der Waals surface area contributed by atoms with E-state index in [0.717, 1.165) is 32.4 Å². The molecule has 3 heteroatoms. The fourth-order valence-corrected chi connectivity index (χ4v) is 4.79. The van der Waals surface area contributed by atoms with Crippen molar-refractivity contribution in [2.24, 2.45) is 11.3 Å². The van der Waals surface area contributed by atoms with E-state index in [1.54, 1.807) is 0 Å². The third kappa shape index (κ3) is 3.16. The quantitative estimate of drug-likeness (QED) is 0.900. The van der Waals surface area contributed by atoms with Gasteiger partial charge in [0.1, 0.15) is 0 Å². The van der Waals surface area contributed by atoms with Gasteiger partial charge in [0.25, 0.3) is 0 Å². The molecule has 3 nitrogen and oxygen atoms in total. The van der Waals surface area contributed by atoms with Crippen LogP contribution in [0.15, 0.2) is 30.3 Å². The minimum atomic E-state index is 0.302. The van der Waals surface area contributed by atoms with Gasteiger partial charge >= 0.3 is 0 Å². The summed E-state index contributed by atoms with van der Waals surface area (Å²) in [7, 11) is 0. The maximum Gasteiger partial charge on any atom is 0.223 e. The van der Waals surface area contributed by atoms with Crippen LogP contribution in [-0.4, -0.2) is 25.0 Å². The molecule has 1 amide bonds. The van der Waals surface area contributed by atoms with Gasteiger partial charge in [0.2, 0.25) is 5.91 Å². The van der Waals surface area contributed by atoms with Crippen molar-refractivity contribution in [3.05, 3.63) is 35.9 Å². The molecule has 0 radical (unpaired) electrons. The molecule has 0 aromatic heterocycles. The summed E-state index contributed by atoms with van der Waals surface area (Å²) in [6.07, 6.45) is 8.17. The van der Waals surface area contributed by atoms with Crippen LogP contribution in [0.2, 0.25) is 0 Å². The van der Waals surface area contributed by atoms with Gasteiger partial charge in [0.15, 0.2) is 0 Å². The normalized spacial score (nSPS) is 32.4. The number of carbonyl (C=O) groups excluding carboxylic acids is 1. The second-order valence-corrected chi connectivity index (χ2v) is 7.84. The summed E-state index contributed by atoms with van der Waals surface area (Å²) in [5.74, 6) is 1.33. The summed E-state index contributed by atoms with van der Waals surface area (Å²) >= 11 is 0. The van der Waals surface area contributed by atoms with Crippen LogP contribution in [0, 0.1) is 11.3 Å². The maximum absolute atomic E-state index is 12.6. The molecule has 2 saturated carbocycles. The number of nitrogens with one attached hydrogen (secondary N) is 2. The molecule has 1 aromatic rings. The van der Waals surface area contributed by atoms with Crippen molar-refractivity contribution in [2.75, 3.05) is 13.1 Å². The third-order valence-electron chi connectivity index (χ3n) is 6.45. The number of piperidine rings is 1. The van der Waals surface area contributed by atoms with E-state index in [1.165, 1.54) is 31.2 Å². The predicted octanol–water partition coefficient (Wildman–Crippen LogP) is 3.22. The Kier molecular flexibility index (Phi) is 4.14. The Morgan fingerprint density at radius 2 is 1.74 bits per heavy atom. The topological polar surface area (TPSA) is 41.1 Å². The molecule has 1 unspecified atom stereocenters. The molecule has 1 atom stereocenters. The van der Waals surface area contributed by atoms with E-state index in [4.69, 9.17) is 0 Å². The van der Waals surface area contributed by atoms with E-state index in [1.807, 2.05) is 0 Å². The number of hydrogen-bond donors (Lipinski definition) is 2. The molecule has 23 heavy (non-hydrogen) atoms. The van der Waals surface area contributed by atoms with Crippen molar-refractivity contribution >= 4 is 5.91 Å². The molecule has 124 valence electrons. The van der Waals surface area contributed by atoms with Crippen molar-refractivity contribution in [2.45, 2.75) is 56.9 Å². The van der Waals surface area contributed by atoms with Gasteiger partial charge in [0, 0.05) is 12.0 Å². The molecule has 1 aliphatic heterocycles. The van der Waals surface area contributed by atoms with Gasteiger partial charge in [-0.3, -0.25) is 4.79 Å². The molecule has 4 rings (SSSR count). The molecule has 1 aromatic carbocycles. The largest absolute Gasteiger partial charge is 0.353 e. The minimum absolute atomic E-state index is 0.302. The van der Waals surface area contributed by atoms with Crippen LogP contribution in [0.5, 0.6) is 0 Å². The molecule has 0 bridgehead atoms. The monoisotopic (exact) mass is 312 g/mol. The van der Waals surface area contributed by atoms with Gasteiger partial charge in [-0.05, 0) is 74.9 Å². The Morgan fingerprint density at radius 1 is 1.04 bits per heavy atom. The van der Waals surface area contributed by atoms with Gasteiger partial charge < -0.3 is 10.6 Å². The van der Waals surface area contributed by atoms with Gasteiger partial charge in [-0.2, -0.15) is 0 Å². The van der Waals surface area contributed by atoms with E-state index in [9.17, 15) is 4.79 Å². The average molecular weight is 312 g/mol. The maximum atomic E-state index is 12.6. The van der Waals surface area contributed by atoms with Crippen molar-refractivity contribution in [3.63, 3.8) is 0 Å². The molecular formula is C20H28N2O. The summed E-state index contributed by atoms with van der Waals surface area (Å²) in [6, 6.07) is 11.2. The number of carbonyl (C=O) groups is 1. The summed E-state index contributed by atoms with van der Waals surface area (Å²) in [4.78, 5) is 12.6. The molecule has 2 aliphatic carbocycles. The van der Waals surface area contributed by atoms with E-state index in [-0.39, 0.29) is 0 Å². The molecule has 1 heterocycles. The number of hydrogen-bond acceptors (Lipinski definition) is 2. The fourth-order valence-electron chi connectivity index (χ4n) is 4.79. The summed E-state index contributed by atoms with van der Waals surface area (Å²) in [6.45, 7) is 2.18. The summed E-state index contributed by atoms with van der Waals surface area (Å²) in [5.41, 5.74) is 1.82. The summed E-state index contributed by atoms with van der Waals surface area (Å²) in [5, 5.41) is 6.77. The Labute approximate surface area is 139 Å². The highest BCUT2D eigenvalue weighted by Gasteiger charge is 2.57. The highest BCUT2D eigenvalue weighted by molar-refractivity contribution is 5.82. The Balaban J connectivity index is 1.26.